The van der Waals surface area contributed by atoms with Crippen LogP contribution in [0.1, 0.15) is 43.6 Å². The maximum atomic E-state index is 11.6. The summed E-state index contributed by atoms with van der Waals surface area (Å²) >= 11 is 0. The number of carbonyl (C=O) groups excluding carboxylic acids is 2. The zero-order chi connectivity index (χ0) is 17.5. The molecule has 0 spiro atoms. The van der Waals surface area contributed by atoms with Crippen molar-refractivity contribution in [3.05, 3.63) is 35.4 Å². The third-order valence-electron chi connectivity index (χ3n) is 2.51. The van der Waals surface area contributed by atoms with Crippen LogP contribution in [-0.4, -0.2) is 30.4 Å². The van der Waals surface area contributed by atoms with Crippen molar-refractivity contribution in [2.75, 3.05) is 6.61 Å². The minimum Gasteiger partial charge on any atom is -0.427 e. The van der Waals surface area contributed by atoms with Crippen LogP contribution in [0.25, 0.3) is 0 Å². The van der Waals surface area contributed by atoms with Crippen molar-refractivity contribution in [3.63, 3.8) is 0 Å². The largest absolute Gasteiger partial charge is 0.543 e. The zero-order valence-corrected chi connectivity index (χ0v) is 14.0. The van der Waals surface area contributed by atoms with Gasteiger partial charge in [-0.25, -0.2) is 14.5 Å². The van der Waals surface area contributed by atoms with Crippen molar-refractivity contribution in [1.82, 2.24) is 0 Å². The molecular formula is C16H22O7. The first-order chi connectivity index (χ1) is 10.7. The van der Waals surface area contributed by atoms with E-state index in [0.29, 0.717) is 0 Å². The van der Waals surface area contributed by atoms with Crippen LogP contribution >= 0.6 is 0 Å². The molecule has 1 aromatic carbocycles. The zero-order valence-electron chi connectivity index (χ0n) is 14.0. The minimum absolute atomic E-state index is 0.196. The lowest BCUT2D eigenvalue weighted by atomic mass is 10.1. The SMILES string of the molecule is Cc1cccc(C(=O)OOOC(=O)OC(C)COC(C)(C)C)c1. The predicted octanol–water partition coefficient (Wildman–Crippen LogP) is 3.36. The van der Waals surface area contributed by atoms with Crippen molar-refractivity contribution in [2.24, 2.45) is 0 Å². The van der Waals surface area contributed by atoms with E-state index in [4.69, 9.17) is 9.47 Å². The van der Waals surface area contributed by atoms with Gasteiger partial charge < -0.3 is 9.47 Å². The monoisotopic (exact) mass is 326 g/mol. The second-order valence-electron chi connectivity index (χ2n) is 5.99. The van der Waals surface area contributed by atoms with Gasteiger partial charge in [-0.1, -0.05) is 17.7 Å². The highest BCUT2D eigenvalue weighted by atomic mass is 17.5. The van der Waals surface area contributed by atoms with Crippen LogP contribution in [0.3, 0.4) is 0 Å². The Bertz CT molecular complexity index is 533. The van der Waals surface area contributed by atoms with Gasteiger partial charge in [-0.15, -0.1) is 0 Å². The normalized spacial score (nSPS) is 12.4. The fraction of sp³-hybridized carbons (Fsp3) is 0.500. The molecule has 7 heteroatoms. The lowest BCUT2D eigenvalue weighted by Crippen LogP contribution is -2.28. The molecule has 0 saturated heterocycles. The molecule has 0 aliphatic carbocycles. The van der Waals surface area contributed by atoms with Crippen LogP contribution in [0, 0.1) is 6.92 Å². The quantitative estimate of drug-likeness (QED) is 0.450. The molecule has 1 aromatic rings. The van der Waals surface area contributed by atoms with Gasteiger partial charge in [-0.3, -0.25) is 4.89 Å². The highest BCUT2D eigenvalue weighted by Crippen LogP contribution is 2.09. The van der Waals surface area contributed by atoms with Gasteiger partial charge in [-0.2, -0.15) is 0 Å². The van der Waals surface area contributed by atoms with Crippen LogP contribution in [0.5, 0.6) is 0 Å². The average molecular weight is 326 g/mol. The van der Waals surface area contributed by atoms with E-state index in [2.05, 4.69) is 14.8 Å². The predicted molar refractivity (Wildman–Crippen MR) is 80.4 cm³/mol. The fourth-order valence-electron chi connectivity index (χ4n) is 1.48. The first kappa shape index (κ1) is 18.9. The van der Waals surface area contributed by atoms with Crippen molar-refractivity contribution in [2.45, 2.75) is 46.3 Å². The molecule has 1 atom stereocenters. The summed E-state index contributed by atoms with van der Waals surface area (Å²) in [5, 5.41) is 4.13. The first-order valence-corrected chi connectivity index (χ1v) is 7.14. The van der Waals surface area contributed by atoms with Gasteiger partial charge >= 0.3 is 12.1 Å². The molecule has 0 aliphatic rings. The summed E-state index contributed by atoms with van der Waals surface area (Å²) in [5.41, 5.74) is 0.808. The van der Waals surface area contributed by atoms with Crippen LogP contribution in [0.4, 0.5) is 4.79 Å². The summed E-state index contributed by atoms with van der Waals surface area (Å²) in [6, 6.07) is 6.67. The second kappa shape index (κ2) is 8.50. The topological polar surface area (TPSA) is 80.3 Å². The molecule has 0 aromatic heterocycles. The number of carbonyl (C=O) groups is 2. The van der Waals surface area contributed by atoms with Gasteiger partial charge in [0.25, 0.3) is 0 Å². The number of ether oxygens (including phenoxy) is 2. The summed E-state index contributed by atoms with van der Waals surface area (Å²) in [6.07, 6.45) is -1.68. The van der Waals surface area contributed by atoms with E-state index in [1.165, 1.54) is 0 Å². The van der Waals surface area contributed by atoms with Crippen molar-refractivity contribution in [3.8, 4) is 0 Å². The lowest BCUT2D eigenvalue weighted by molar-refractivity contribution is -0.453. The number of hydrogen-bond donors (Lipinski definition) is 0. The van der Waals surface area contributed by atoms with E-state index in [-0.39, 0.29) is 17.8 Å². The van der Waals surface area contributed by atoms with E-state index in [0.717, 1.165) is 5.56 Å². The third kappa shape index (κ3) is 8.18. The van der Waals surface area contributed by atoms with Crippen molar-refractivity contribution >= 4 is 12.1 Å². The lowest BCUT2D eigenvalue weighted by Gasteiger charge is -2.21. The molecule has 23 heavy (non-hydrogen) atoms. The Balaban J connectivity index is 2.27. The molecule has 0 radical (unpaired) electrons. The number of benzene rings is 1. The van der Waals surface area contributed by atoms with Crippen LogP contribution in [-0.2, 0) is 24.3 Å². The van der Waals surface area contributed by atoms with Crippen LogP contribution < -0.4 is 0 Å². The van der Waals surface area contributed by atoms with Gasteiger partial charge in [0.1, 0.15) is 6.10 Å². The molecule has 0 amide bonds. The van der Waals surface area contributed by atoms with Crippen molar-refractivity contribution in [1.29, 1.82) is 0 Å². The standard InChI is InChI=1S/C16H22O7/c1-11-7-6-8-13(9-11)14(17)21-23-22-15(18)20-12(2)10-19-16(3,4)5/h6-9,12H,10H2,1-5H3. The number of hydrogen-bond acceptors (Lipinski definition) is 7. The summed E-state index contributed by atoms with van der Waals surface area (Å²) < 4.78 is 10.3. The Kier molecular flexibility index (Phi) is 6.99. The molecular weight excluding hydrogens is 304 g/mol. The maximum absolute atomic E-state index is 11.6. The summed E-state index contributed by atoms with van der Waals surface area (Å²) in [6.45, 7) is 9.30. The van der Waals surface area contributed by atoms with E-state index < -0.39 is 18.2 Å². The highest BCUT2D eigenvalue weighted by molar-refractivity contribution is 5.89. The Labute approximate surface area is 135 Å². The van der Waals surface area contributed by atoms with Gasteiger partial charge in [0.15, 0.2) is 0 Å². The van der Waals surface area contributed by atoms with Crippen LogP contribution in [0.15, 0.2) is 24.3 Å². The minimum atomic E-state index is -1.13. The Hall–Kier alpha value is -2.12. The van der Waals surface area contributed by atoms with E-state index >= 15 is 0 Å². The average Bonchev–Trinajstić information content (AvgIpc) is 2.44. The number of rotatable bonds is 6. The molecule has 7 nitrogen and oxygen atoms in total. The molecule has 128 valence electrons. The van der Waals surface area contributed by atoms with Crippen LogP contribution in [0.2, 0.25) is 0 Å². The Morgan fingerprint density at radius 2 is 1.87 bits per heavy atom. The molecule has 0 N–H and O–H groups in total. The molecule has 1 unspecified atom stereocenters. The Morgan fingerprint density at radius 1 is 1.17 bits per heavy atom. The summed E-state index contributed by atoms with van der Waals surface area (Å²) in [5.74, 6) is -0.786. The van der Waals surface area contributed by atoms with Gasteiger partial charge in [-0.05, 0) is 46.8 Å². The molecule has 1 rings (SSSR count). The van der Waals surface area contributed by atoms with Gasteiger partial charge in [0.05, 0.1) is 22.8 Å². The molecule has 0 bridgehead atoms. The fourth-order valence-corrected chi connectivity index (χ4v) is 1.48. The first-order valence-electron chi connectivity index (χ1n) is 7.14. The molecule has 0 fully saturated rings. The molecule has 0 heterocycles. The molecule has 0 saturated carbocycles. The second-order valence-corrected chi connectivity index (χ2v) is 5.99. The maximum Gasteiger partial charge on any atom is 0.543 e. The van der Waals surface area contributed by atoms with E-state index in [1.54, 1.807) is 25.1 Å². The third-order valence-corrected chi connectivity index (χ3v) is 2.51. The van der Waals surface area contributed by atoms with Gasteiger partial charge in [0.2, 0.25) is 0 Å². The Morgan fingerprint density at radius 3 is 2.48 bits per heavy atom. The molecule has 0 aliphatic heterocycles. The summed E-state index contributed by atoms with van der Waals surface area (Å²) in [4.78, 5) is 31.5. The highest BCUT2D eigenvalue weighted by Gasteiger charge is 2.18. The number of aryl methyl sites for hydroxylation is 1. The smallest absolute Gasteiger partial charge is 0.427 e. The van der Waals surface area contributed by atoms with E-state index in [9.17, 15) is 9.59 Å². The van der Waals surface area contributed by atoms with E-state index in [1.807, 2.05) is 33.8 Å². The van der Waals surface area contributed by atoms with Gasteiger partial charge in [0, 0.05) is 0 Å². The summed E-state index contributed by atoms with van der Waals surface area (Å²) in [7, 11) is 0. The van der Waals surface area contributed by atoms with Crippen molar-refractivity contribution < 1.29 is 33.9 Å².